The predicted molar refractivity (Wildman–Crippen MR) is 135 cm³/mol. The molecule has 0 radical (unpaired) electrons. The van der Waals surface area contributed by atoms with Crippen molar-refractivity contribution in [1.82, 2.24) is 0 Å². The van der Waals surface area contributed by atoms with Gasteiger partial charge in [0.05, 0.1) is 17.4 Å². The summed E-state index contributed by atoms with van der Waals surface area (Å²) in [7, 11) is 0. The second kappa shape index (κ2) is 10.4. The number of nitrogens with zero attached hydrogens (tertiary/aromatic N) is 1. The van der Waals surface area contributed by atoms with Crippen LogP contribution >= 0.6 is 50.9 Å². The third-order valence-corrected chi connectivity index (χ3v) is 7.16. The van der Waals surface area contributed by atoms with Gasteiger partial charge in [0.1, 0.15) is 12.0 Å². The van der Waals surface area contributed by atoms with Crippen LogP contribution in [0.15, 0.2) is 65.1 Å². The lowest BCUT2D eigenvalue weighted by Gasteiger charge is -2.25. The molecule has 4 rings (SSSR count). The van der Waals surface area contributed by atoms with Crippen molar-refractivity contribution in [1.29, 1.82) is 0 Å². The van der Waals surface area contributed by atoms with Crippen molar-refractivity contribution in [2.45, 2.75) is 18.9 Å². The van der Waals surface area contributed by atoms with Crippen LogP contribution in [0, 0.1) is 0 Å². The monoisotopic (exact) mass is 551 g/mol. The second-order valence-electron chi connectivity index (χ2n) is 7.08. The van der Waals surface area contributed by atoms with Crippen molar-refractivity contribution in [2.24, 2.45) is 0 Å². The first-order chi connectivity index (χ1) is 15.5. The number of carbonyl (C=O) groups excluding carboxylic acids is 1. The molecule has 3 aromatic rings. The van der Waals surface area contributed by atoms with Crippen molar-refractivity contribution in [3.63, 3.8) is 0 Å². The van der Waals surface area contributed by atoms with Crippen molar-refractivity contribution in [3.8, 4) is 11.5 Å². The fraction of sp³-hybridized carbons (Fsp3) is 0.208. The lowest BCUT2D eigenvalue weighted by atomic mass is 10.1. The van der Waals surface area contributed by atoms with Gasteiger partial charge in [0.25, 0.3) is 0 Å². The molecule has 1 saturated heterocycles. The van der Waals surface area contributed by atoms with Gasteiger partial charge in [-0.2, -0.15) is 0 Å². The molecule has 1 atom stereocenters. The Morgan fingerprint density at radius 1 is 1.06 bits per heavy atom. The summed E-state index contributed by atoms with van der Waals surface area (Å²) in [5.41, 5.74) is 2.68. The molecule has 1 aliphatic rings. The number of amides is 1. The number of rotatable bonds is 7. The van der Waals surface area contributed by atoms with Crippen LogP contribution in [-0.4, -0.2) is 18.3 Å². The van der Waals surface area contributed by atoms with Gasteiger partial charge < -0.3 is 9.47 Å². The van der Waals surface area contributed by atoms with Crippen LogP contribution in [0.5, 0.6) is 11.5 Å². The van der Waals surface area contributed by atoms with Crippen molar-refractivity contribution in [3.05, 3.63) is 86.3 Å². The van der Waals surface area contributed by atoms with E-state index in [0.29, 0.717) is 40.5 Å². The third-order valence-electron chi connectivity index (χ3n) is 4.89. The normalized spacial score (nSPS) is 15.8. The van der Waals surface area contributed by atoms with E-state index in [1.165, 1.54) is 0 Å². The first kappa shape index (κ1) is 23.3. The highest BCUT2D eigenvalue weighted by molar-refractivity contribution is 9.10. The Balaban J connectivity index is 1.63. The van der Waals surface area contributed by atoms with Gasteiger partial charge in [-0.15, -0.1) is 11.8 Å². The molecule has 0 N–H and O–H groups in total. The van der Waals surface area contributed by atoms with Gasteiger partial charge in [0.15, 0.2) is 11.5 Å². The van der Waals surface area contributed by atoms with Gasteiger partial charge in [-0.3, -0.25) is 9.69 Å². The summed E-state index contributed by atoms with van der Waals surface area (Å²) in [4.78, 5) is 14.4. The SMILES string of the molecule is CCOc1cc([C@H]2SCC(=O)N2c2ccc(Cl)cc2)cc(Cl)c1OCc1ccc(Br)cc1. The Kier molecular flexibility index (Phi) is 7.56. The number of thioether (sulfide) groups is 1. The zero-order valence-corrected chi connectivity index (χ0v) is 21.1. The van der Waals surface area contributed by atoms with Gasteiger partial charge in [0, 0.05) is 15.2 Å². The summed E-state index contributed by atoms with van der Waals surface area (Å²) in [5.74, 6) is 1.47. The van der Waals surface area contributed by atoms with Crippen LogP contribution < -0.4 is 14.4 Å². The van der Waals surface area contributed by atoms with Gasteiger partial charge >= 0.3 is 0 Å². The van der Waals surface area contributed by atoms with Crippen LogP contribution in [0.25, 0.3) is 0 Å². The standard InChI is InChI=1S/C24H20BrCl2NO3S/c1-2-30-21-12-16(11-20(27)23(21)31-13-15-3-5-17(25)6-4-15)24-28(22(29)14-32-24)19-9-7-18(26)8-10-19/h3-12,24H,2,13-14H2,1H3/t24-/m1/s1. The van der Waals surface area contributed by atoms with Crippen LogP contribution in [0.3, 0.4) is 0 Å². The minimum Gasteiger partial charge on any atom is -0.490 e. The highest BCUT2D eigenvalue weighted by atomic mass is 79.9. The summed E-state index contributed by atoms with van der Waals surface area (Å²) in [6.07, 6.45) is 0. The highest BCUT2D eigenvalue weighted by Gasteiger charge is 2.35. The summed E-state index contributed by atoms with van der Waals surface area (Å²) in [6, 6.07) is 18.9. The molecule has 0 aliphatic carbocycles. The number of halogens is 3. The molecule has 166 valence electrons. The van der Waals surface area contributed by atoms with Crippen LogP contribution in [0.2, 0.25) is 10.0 Å². The van der Waals surface area contributed by atoms with E-state index in [4.69, 9.17) is 32.7 Å². The molecular weight excluding hydrogens is 533 g/mol. The number of hydrogen-bond donors (Lipinski definition) is 0. The molecule has 32 heavy (non-hydrogen) atoms. The zero-order valence-electron chi connectivity index (χ0n) is 17.2. The predicted octanol–water partition coefficient (Wildman–Crippen LogP) is 7.51. The first-order valence-corrected chi connectivity index (χ1v) is 12.6. The fourth-order valence-corrected chi connectivity index (χ4v) is 5.24. The topological polar surface area (TPSA) is 38.8 Å². The van der Waals surface area contributed by atoms with E-state index in [9.17, 15) is 4.79 Å². The van der Waals surface area contributed by atoms with E-state index in [1.54, 1.807) is 28.8 Å². The molecule has 0 bridgehead atoms. The summed E-state index contributed by atoms with van der Waals surface area (Å²) < 4.78 is 12.9. The van der Waals surface area contributed by atoms with Crippen molar-refractivity contribution < 1.29 is 14.3 Å². The van der Waals surface area contributed by atoms with Gasteiger partial charge in [-0.25, -0.2) is 0 Å². The molecule has 1 aliphatic heterocycles. The average Bonchev–Trinajstić information content (AvgIpc) is 3.16. The number of carbonyl (C=O) groups is 1. The first-order valence-electron chi connectivity index (χ1n) is 9.99. The van der Waals surface area contributed by atoms with E-state index in [-0.39, 0.29) is 11.3 Å². The minimum absolute atomic E-state index is 0.0342. The quantitative estimate of drug-likeness (QED) is 0.304. The molecule has 1 heterocycles. The Bertz CT molecular complexity index is 1110. The maximum atomic E-state index is 12.7. The van der Waals surface area contributed by atoms with Crippen molar-refractivity contribution >= 4 is 62.5 Å². The van der Waals surface area contributed by atoms with Crippen LogP contribution in [0.1, 0.15) is 23.4 Å². The zero-order chi connectivity index (χ0) is 22.7. The molecule has 0 unspecified atom stereocenters. The number of ether oxygens (including phenoxy) is 2. The van der Waals surface area contributed by atoms with E-state index < -0.39 is 0 Å². The molecule has 0 aromatic heterocycles. The maximum Gasteiger partial charge on any atom is 0.238 e. The van der Waals surface area contributed by atoms with Gasteiger partial charge in [0.2, 0.25) is 5.91 Å². The van der Waals surface area contributed by atoms with Crippen molar-refractivity contribution in [2.75, 3.05) is 17.3 Å². The Labute approximate surface area is 209 Å². The molecule has 0 saturated carbocycles. The maximum absolute atomic E-state index is 12.7. The molecule has 4 nitrogen and oxygen atoms in total. The van der Waals surface area contributed by atoms with E-state index >= 15 is 0 Å². The fourth-order valence-electron chi connectivity index (χ4n) is 3.42. The van der Waals surface area contributed by atoms with E-state index in [2.05, 4.69) is 15.9 Å². The second-order valence-corrected chi connectivity index (χ2v) is 9.91. The number of hydrogen-bond acceptors (Lipinski definition) is 4. The molecule has 3 aromatic carbocycles. The van der Waals surface area contributed by atoms with E-state index in [1.807, 2.05) is 55.5 Å². The van der Waals surface area contributed by atoms with Gasteiger partial charge in [-0.05, 0) is 66.6 Å². The van der Waals surface area contributed by atoms with E-state index in [0.717, 1.165) is 21.3 Å². The molecule has 0 spiro atoms. The average molecular weight is 553 g/mol. The summed E-state index contributed by atoms with van der Waals surface area (Å²) >= 11 is 17.7. The molecular formula is C24H20BrCl2NO3S. The summed E-state index contributed by atoms with van der Waals surface area (Å²) in [6.45, 7) is 2.74. The van der Waals surface area contributed by atoms with Crippen LogP contribution in [0.4, 0.5) is 5.69 Å². The number of benzene rings is 3. The molecule has 8 heteroatoms. The smallest absolute Gasteiger partial charge is 0.238 e. The summed E-state index contributed by atoms with van der Waals surface area (Å²) in [5, 5.41) is 0.846. The molecule has 1 fully saturated rings. The Morgan fingerprint density at radius 3 is 2.47 bits per heavy atom. The minimum atomic E-state index is -0.221. The Hall–Kier alpha value is -1.86. The third kappa shape index (κ3) is 5.20. The Morgan fingerprint density at radius 2 is 1.78 bits per heavy atom. The van der Waals surface area contributed by atoms with Crippen LogP contribution in [-0.2, 0) is 11.4 Å². The highest BCUT2D eigenvalue weighted by Crippen LogP contribution is 2.46. The van der Waals surface area contributed by atoms with Gasteiger partial charge in [-0.1, -0.05) is 51.3 Å². The molecule has 1 amide bonds. The lowest BCUT2D eigenvalue weighted by molar-refractivity contribution is -0.115. The number of anilines is 1. The largest absolute Gasteiger partial charge is 0.490 e. The lowest BCUT2D eigenvalue weighted by Crippen LogP contribution is -2.27.